The van der Waals surface area contributed by atoms with E-state index in [1.165, 1.54) is 11.3 Å². The lowest BCUT2D eigenvalue weighted by atomic mass is 10.2. The van der Waals surface area contributed by atoms with Gasteiger partial charge in [-0.1, -0.05) is 29.8 Å². The average molecular weight is 293 g/mol. The molecule has 2 aromatic heterocycles. The lowest BCUT2D eigenvalue weighted by molar-refractivity contribution is -0.136. The fourth-order valence-corrected chi connectivity index (χ4v) is 3.06. The van der Waals surface area contributed by atoms with Crippen molar-refractivity contribution in [2.45, 2.75) is 6.42 Å². The molecule has 4 nitrogen and oxygen atoms in total. The quantitative estimate of drug-likeness (QED) is 0.805. The molecule has 0 atom stereocenters. The average Bonchev–Trinajstić information content (AvgIpc) is 2.86. The molecule has 3 aromatic rings. The van der Waals surface area contributed by atoms with Gasteiger partial charge in [-0.15, -0.1) is 11.3 Å². The number of nitrogens with zero attached hydrogens (tertiary/aromatic N) is 2. The van der Waals surface area contributed by atoms with Gasteiger partial charge in [-0.05, 0) is 6.07 Å². The molecular formula is C13H9ClN2O2S. The van der Waals surface area contributed by atoms with E-state index in [0.717, 1.165) is 21.1 Å². The zero-order valence-electron chi connectivity index (χ0n) is 9.71. The third-order valence-corrected chi connectivity index (χ3v) is 4.01. The Hall–Kier alpha value is -1.85. The molecule has 0 saturated heterocycles. The second-order valence-corrected chi connectivity index (χ2v) is 5.56. The Labute approximate surface area is 117 Å². The number of carboxylic acids is 1. The zero-order valence-corrected chi connectivity index (χ0v) is 11.3. The van der Waals surface area contributed by atoms with Crippen LogP contribution in [0.1, 0.15) is 4.88 Å². The molecule has 0 aliphatic carbocycles. The Morgan fingerprint density at radius 2 is 2.16 bits per heavy atom. The summed E-state index contributed by atoms with van der Waals surface area (Å²) in [5.41, 5.74) is 1.67. The summed E-state index contributed by atoms with van der Waals surface area (Å²) < 4.78 is 1.83. The highest BCUT2D eigenvalue weighted by atomic mass is 35.5. The molecule has 0 fully saturated rings. The molecule has 0 unspecified atom stereocenters. The van der Waals surface area contributed by atoms with Crippen LogP contribution in [-0.4, -0.2) is 20.5 Å². The monoisotopic (exact) mass is 292 g/mol. The van der Waals surface area contributed by atoms with E-state index < -0.39 is 5.97 Å². The van der Waals surface area contributed by atoms with Crippen LogP contribution >= 0.6 is 22.9 Å². The summed E-state index contributed by atoms with van der Waals surface area (Å²) in [6.07, 6.45) is 3.68. The van der Waals surface area contributed by atoms with Crippen molar-refractivity contribution in [3.05, 3.63) is 46.6 Å². The Balaban J connectivity index is 2.02. The van der Waals surface area contributed by atoms with Gasteiger partial charge in [0, 0.05) is 22.8 Å². The predicted octanol–water partition coefficient (Wildman–Crippen LogP) is 3.34. The molecular weight excluding hydrogens is 284 g/mol. The first-order chi connectivity index (χ1) is 9.13. The van der Waals surface area contributed by atoms with E-state index in [0.29, 0.717) is 5.02 Å². The van der Waals surface area contributed by atoms with Crippen molar-refractivity contribution in [1.29, 1.82) is 0 Å². The number of aromatic nitrogens is 2. The SMILES string of the molecule is O=C(O)Cc1cn2cc(-c3ccccc3Cl)nc2s1. The lowest BCUT2D eigenvalue weighted by Gasteiger charge is -1.98. The number of aliphatic carboxylic acids is 1. The summed E-state index contributed by atoms with van der Waals surface area (Å²) in [5.74, 6) is -0.837. The molecule has 0 radical (unpaired) electrons. The van der Waals surface area contributed by atoms with Crippen LogP contribution < -0.4 is 0 Å². The van der Waals surface area contributed by atoms with Crippen LogP contribution in [-0.2, 0) is 11.2 Å². The third-order valence-electron chi connectivity index (χ3n) is 2.68. The molecule has 1 aromatic carbocycles. The van der Waals surface area contributed by atoms with Gasteiger partial charge in [0.25, 0.3) is 0 Å². The summed E-state index contributed by atoms with van der Waals surface area (Å²) in [6, 6.07) is 7.51. The van der Waals surface area contributed by atoms with Gasteiger partial charge >= 0.3 is 5.97 Å². The van der Waals surface area contributed by atoms with E-state index in [4.69, 9.17) is 16.7 Å². The van der Waals surface area contributed by atoms with E-state index >= 15 is 0 Å². The standard InChI is InChI=1S/C13H9ClN2O2S/c14-10-4-2-1-3-9(10)11-7-16-6-8(5-12(17)18)19-13(16)15-11/h1-4,6-7H,5H2,(H,17,18). The highest BCUT2D eigenvalue weighted by Gasteiger charge is 2.11. The van der Waals surface area contributed by atoms with Crippen LogP contribution in [0.4, 0.5) is 0 Å². The van der Waals surface area contributed by atoms with Crippen molar-refractivity contribution in [2.24, 2.45) is 0 Å². The fourth-order valence-electron chi connectivity index (χ4n) is 1.87. The Kier molecular flexibility index (Phi) is 3.00. The first-order valence-electron chi connectivity index (χ1n) is 5.57. The molecule has 0 aliphatic rings. The number of benzene rings is 1. The highest BCUT2D eigenvalue weighted by molar-refractivity contribution is 7.17. The number of hydrogen-bond acceptors (Lipinski definition) is 3. The van der Waals surface area contributed by atoms with Crippen molar-refractivity contribution < 1.29 is 9.90 Å². The van der Waals surface area contributed by atoms with Gasteiger partial charge in [-0.25, -0.2) is 4.98 Å². The maximum atomic E-state index is 10.7. The molecule has 6 heteroatoms. The van der Waals surface area contributed by atoms with Crippen LogP contribution in [0.2, 0.25) is 5.02 Å². The summed E-state index contributed by atoms with van der Waals surface area (Å²) in [5, 5.41) is 9.41. The van der Waals surface area contributed by atoms with Crippen molar-refractivity contribution in [2.75, 3.05) is 0 Å². The number of hydrogen-bond donors (Lipinski definition) is 1. The van der Waals surface area contributed by atoms with Gasteiger partial charge in [0.1, 0.15) is 0 Å². The van der Waals surface area contributed by atoms with E-state index in [1.54, 1.807) is 6.20 Å². The number of fused-ring (bicyclic) bond motifs is 1. The normalized spacial score (nSPS) is 11.0. The molecule has 0 bridgehead atoms. The maximum absolute atomic E-state index is 10.7. The molecule has 2 heterocycles. The van der Waals surface area contributed by atoms with Gasteiger partial charge < -0.3 is 5.11 Å². The van der Waals surface area contributed by atoms with Crippen molar-refractivity contribution in [3.63, 3.8) is 0 Å². The topological polar surface area (TPSA) is 54.6 Å². The van der Waals surface area contributed by atoms with E-state index in [1.807, 2.05) is 34.9 Å². The number of carbonyl (C=O) groups is 1. The third kappa shape index (κ3) is 2.34. The first kappa shape index (κ1) is 12.2. The largest absolute Gasteiger partial charge is 0.481 e. The van der Waals surface area contributed by atoms with Gasteiger partial charge in [-0.2, -0.15) is 0 Å². The number of halogens is 1. The van der Waals surface area contributed by atoms with Crippen LogP contribution in [0.25, 0.3) is 16.2 Å². The molecule has 0 saturated carbocycles. The summed E-state index contributed by atoms with van der Waals surface area (Å²) >= 11 is 7.50. The maximum Gasteiger partial charge on any atom is 0.308 e. The van der Waals surface area contributed by atoms with Crippen molar-refractivity contribution in [1.82, 2.24) is 9.38 Å². The number of carboxylic acid groups (broad SMARTS) is 1. The Morgan fingerprint density at radius 1 is 1.37 bits per heavy atom. The van der Waals surface area contributed by atoms with E-state index in [-0.39, 0.29) is 6.42 Å². The minimum Gasteiger partial charge on any atom is -0.481 e. The zero-order chi connectivity index (χ0) is 13.4. The smallest absolute Gasteiger partial charge is 0.308 e. The lowest BCUT2D eigenvalue weighted by Crippen LogP contribution is -1.97. The van der Waals surface area contributed by atoms with Crippen LogP contribution in [0, 0.1) is 0 Å². The Bertz CT molecular complexity index is 731. The molecule has 0 aliphatic heterocycles. The second-order valence-electron chi connectivity index (χ2n) is 4.06. The van der Waals surface area contributed by atoms with Gasteiger partial charge in [0.05, 0.1) is 17.1 Å². The summed E-state index contributed by atoms with van der Waals surface area (Å²) in [4.78, 5) is 16.7. The second kappa shape index (κ2) is 4.68. The van der Waals surface area contributed by atoms with Gasteiger partial charge in [0.2, 0.25) is 0 Å². The van der Waals surface area contributed by atoms with Crippen LogP contribution in [0.15, 0.2) is 36.7 Å². The number of rotatable bonds is 3. The van der Waals surface area contributed by atoms with Crippen LogP contribution in [0.3, 0.4) is 0 Å². The van der Waals surface area contributed by atoms with Crippen molar-refractivity contribution in [3.8, 4) is 11.3 Å². The molecule has 0 spiro atoms. The minimum absolute atomic E-state index is 0.0233. The molecule has 96 valence electrons. The number of imidazole rings is 1. The fraction of sp³-hybridized carbons (Fsp3) is 0.0769. The van der Waals surface area contributed by atoms with E-state index in [2.05, 4.69) is 4.98 Å². The molecule has 3 rings (SSSR count). The first-order valence-corrected chi connectivity index (χ1v) is 6.77. The molecule has 1 N–H and O–H groups in total. The highest BCUT2D eigenvalue weighted by Crippen LogP contribution is 2.29. The number of thiazole rings is 1. The van der Waals surface area contributed by atoms with Gasteiger partial charge in [-0.3, -0.25) is 9.20 Å². The molecule has 19 heavy (non-hydrogen) atoms. The Morgan fingerprint density at radius 3 is 2.84 bits per heavy atom. The van der Waals surface area contributed by atoms with Crippen molar-refractivity contribution >= 4 is 33.9 Å². The minimum atomic E-state index is -0.837. The van der Waals surface area contributed by atoms with Gasteiger partial charge in [0.15, 0.2) is 4.96 Å². The van der Waals surface area contributed by atoms with E-state index in [9.17, 15) is 4.79 Å². The predicted molar refractivity (Wildman–Crippen MR) is 74.9 cm³/mol. The summed E-state index contributed by atoms with van der Waals surface area (Å²) in [7, 11) is 0. The van der Waals surface area contributed by atoms with Crippen LogP contribution in [0.5, 0.6) is 0 Å². The summed E-state index contributed by atoms with van der Waals surface area (Å²) in [6.45, 7) is 0. The molecule has 0 amide bonds.